The molecular weight excluding hydrogens is 609 g/mol. The lowest BCUT2D eigenvalue weighted by atomic mass is 9.84. The molecule has 0 unspecified atom stereocenters. The fraction of sp³-hybridized carbons (Fsp3) is 0.0417. The van der Waals surface area contributed by atoms with Crippen LogP contribution >= 0.6 is 0 Å². The summed E-state index contributed by atoms with van der Waals surface area (Å²) in [6.45, 7) is 0. The first-order valence-electron chi connectivity index (χ1n) is 17.1. The summed E-state index contributed by atoms with van der Waals surface area (Å²) < 4.78 is 0. The van der Waals surface area contributed by atoms with Crippen LogP contribution in [0.2, 0.25) is 0 Å². The Morgan fingerprint density at radius 1 is 0.260 bits per heavy atom. The van der Waals surface area contributed by atoms with Crippen LogP contribution in [-0.2, 0) is 12.8 Å². The average Bonchev–Trinajstić information content (AvgIpc) is 3.16. The molecule has 9 rings (SSSR count). The second-order valence-corrected chi connectivity index (χ2v) is 13.1. The number of phenols is 2. The molecule has 0 aliphatic carbocycles. The van der Waals surface area contributed by atoms with Crippen molar-refractivity contribution in [2.45, 2.75) is 12.8 Å². The molecule has 0 bridgehead atoms. The third-order valence-corrected chi connectivity index (χ3v) is 10.2. The Balaban J connectivity index is 1.22. The van der Waals surface area contributed by atoms with Crippen LogP contribution in [0.15, 0.2) is 170 Å². The number of hydrogen-bond donors (Lipinski definition) is 2. The fourth-order valence-electron chi connectivity index (χ4n) is 7.88. The van der Waals surface area contributed by atoms with E-state index in [4.69, 9.17) is 0 Å². The Kier molecular flexibility index (Phi) is 7.29. The van der Waals surface area contributed by atoms with Crippen LogP contribution in [0, 0.1) is 0 Å². The standard InChI is InChI=1S/C48H34O2/c49-43-27-25-33-13-5-9-19-41(33)47(43)45-37(23-21-31-11-3-7-17-39(31)45)29-35-15-1-2-16-36(35)30-38-24-22-32-12-4-8-18-40(32)46(38)48-42-20-10-6-14-34(42)26-28-44(48)50/h1-28,49-50H,29-30H2. The molecule has 2 nitrogen and oxygen atoms in total. The van der Waals surface area contributed by atoms with Gasteiger partial charge in [0.2, 0.25) is 0 Å². The van der Waals surface area contributed by atoms with E-state index in [0.29, 0.717) is 12.8 Å². The van der Waals surface area contributed by atoms with E-state index in [0.717, 1.165) is 76.5 Å². The van der Waals surface area contributed by atoms with Gasteiger partial charge in [-0.05, 0) is 101 Å². The van der Waals surface area contributed by atoms with Crippen molar-refractivity contribution in [2.24, 2.45) is 0 Å². The van der Waals surface area contributed by atoms with Gasteiger partial charge in [-0.3, -0.25) is 0 Å². The van der Waals surface area contributed by atoms with E-state index < -0.39 is 0 Å². The van der Waals surface area contributed by atoms with Gasteiger partial charge in [-0.2, -0.15) is 0 Å². The predicted molar refractivity (Wildman–Crippen MR) is 209 cm³/mol. The molecule has 9 aromatic carbocycles. The topological polar surface area (TPSA) is 40.5 Å². The maximum atomic E-state index is 11.5. The molecule has 0 atom stereocenters. The van der Waals surface area contributed by atoms with Crippen LogP contribution in [0.3, 0.4) is 0 Å². The Bertz CT molecular complexity index is 2550. The van der Waals surface area contributed by atoms with Gasteiger partial charge in [0.15, 0.2) is 0 Å². The fourth-order valence-corrected chi connectivity index (χ4v) is 7.88. The van der Waals surface area contributed by atoms with Crippen LogP contribution in [-0.4, -0.2) is 10.2 Å². The predicted octanol–water partition coefficient (Wildman–Crippen LogP) is 12.2. The average molecular weight is 643 g/mol. The third-order valence-electron chi connectivity index (χ3n) is 10.2. The van der Waals surface area contributed by atoms with E-state index in [9.17, 15) is 10.2 Å². The summed E-state index contributed by atoms with van der Waals surface area (Å²) in [5.41, 5.74) is 8.65. The monoisotopic (exact) mass is 642 g/mol. The molecule has 2 heteroatoms. The van der Waals surface area contributed by atoms with Gasteiger partial charge in [0.05, 0.1) is 0 Å². The molecule has 0 saturated carbocycles. The second kappa shape index (κ2) is 12.3. The van der Waals surface area contributed by atoms with Crippen molar-refractivity contribution in [2.75, 3.05) is 0 Å². The third kappa shape index (κ3) is 5.05. The van der Waals surface area contributed by atoms with Crippen LogP contribution < -0.4 is 0 Å². The molecule has 0 saturated heterocycles. The zero-order valence-electron chi connectivity index (χ0n) is 27.5. The highest BCUT2D eigenvalue weighted by molar-refractivity contribution is 6.10. The van der Waals surface area contributed by atoms with Crippen molar-refractivity contribution in [3.8, 4) is 33.8 Å². The summed E-state index contributed by atoms with van der Waals surface area (Å²) >= 11 is 0. The van der Waals surface area contributed by atoms with Gasteiger partial charge >= 0.3 is 0 Å². The summed E-state index contributed by atoms with van der Waals surface area (Å²) in [6, 6.07) is 58.7. The highest BCUT2D eigenvalue weighted by atomic mass is 16.3. The summed E-state index contributed by atoms with van der Waals surface area (Å²) in [5, 5.41) is 31.7. The van der Waals surface area contributed by atoms with E-state index in [2.05, 4.69) is 121 Å². The van der Waals surface area contributed by atoms with Gasteiger partial charge in [0.25, 0.3) is 0 Å². The molecule has 238 valence electrons. The van der Waals surface area contributed by atoms with Gasteiger partial charge < -0.3 is 10.2 Å². The van der Waals surface area contributed by atoms with Crippen molar-refractivity contribution < 1.29 is 10.2 Å². The normalized spacial score (nSPS) is 11.5. The molecule has 9 aromatic rings. The first kappa shape index (κ1) is 29.7. The quantitative estimate of drug-likeness (QED) is 0.189. The SMILES string of the molecule is Oc1ccc2ccccc2c1-c1c(Cc2ccccc2Cc2ccc3ccccc3c2-c2c(O)ccc3ccccc23)ccc2ccccc12. The van der Waals surface area contributed by atoms with Crippen molar-refractivity contribution in [3.05, 3.63) is 192 Å². The van der Waals surface area contributed by atoms with Crippen LogP contribution in [0.5, 0.6) is 11.5 Å². The lowest BCUT2D eigenvalue weighted by molar-refractivity contribution is 0.477. The number of phenolic OH excluding ortho intramolecular Hbond substituents is 2. The molecule has 0 amide bonds. The van der Waals surface area contributed by atoms with Crippen molar-refractivity contribution in [1.29, 1.82) is 0 Å². The van der Waals surface area contributed by atoms with E-state index in [1.54, 1.807) is 0 Å². The summed E-state index contributed by atoms with van der Waals surface area (Å²) in [6.07, 6.45) is 1.39. The van der Waals surface area contributed by atoms with Gasteiger partial charge in [-0.1, -0.05) is 158 Å². The molecule has 0 fully saturated rings. The van der Waals surface area contributed by atoms with E-state index in [1.165, 1.54) is 11.1 Å². The maximum Gasteiger partial charge on any atom is 0.124 e. The Morgan fingerprint density at radius 2 is 0.560 bits per heavy atom. The minimum Gasteiger partial charge on any atom is -0.507 e. The highest BCUT2D eigenvalue weighted by Gasteiger charge is 2.20. The number of benzene rings is 9. The molecule has 0 aliphatic heterocycles. The summed E-state index contributed by atoms with van der Waals surface area (Å²) in [7, 11) is 0. The Hall–Kier alpha value is -6.38. The van der Waals surface area contributed by atoms with Crippen LogP contribution in [0.4, 0.5) is 0 Å². The van der Waals surface area contributed by atoms with Crippen molar-refractivity contribution in [1.82, 2.24) is 0 Å². The van der Waals surface area contributed by atoms with Crippen molar-refractivity contribution in [3.63, 3.8) is 0 Å². The summed E-state index contributed by atoms with van der Waals surface area (Å²) in [4.78, 5) is 0. The number of hydrogen-bond acceptors (Lipinski definition) is 2. The molecule has 0 aliphatic rings. The van der Waals surface area contributed by atoms with Crippen molar-refractivity contribution >= 4 is 43.1 Å². The molecular formula is C48H34O2. The van der Waals surface area contributed by atoms with E-state index in [-0.39, 0.29) is 11.5 Å². The lowest BCUT2D eigenvalue weighted by Gasteiger charge is -2.20. The zero-order chi connectivity index (χ0) is 33.6. The number of rotatable bonds is 6. The van der Waals surface area contributed by atoms with E-state index in [1.807, 2.05) is 48.5 Å². The van der Waals surface area contributed by atoms with Crippen LogP contribution in [0.25, 0.3) is 65.3 Å². The molecule has 0 heterocycles. The van der Waals surface area contributed by atoms with Crippen LogP contribution in [0.1, 0.15) is 22.3 Å². The Labute approximate surface area is 291 Å². The van der Waals surface area contributed by atoms with Gasteiger partial charge in [-0.25, -0.2) is 0 Å². The minimum absolute atomic E-state index is 0.283. The maximum absolute atomic E-state index is 11.5. The molecule has 2 N–H and O–H groups in total. The first-order chi connectivity index (χ1) is 24.6. The Morgan fingerprint density at radius 3 is 0.940 bits per heavy atom. The molecule has 0 aromatic heterocycles. The zero-order valence-corrected chi connectivity index (χ0v) is 27.5. The lowest BCUT2D eigenvalue weighted by Crippen LogP contribution is -2.01. The number of aromatic hydroxyl groups is 2. The molecule has 50 heavy (non-hydrogen) atoms. The smallest absolute Gasteiger partial charge is 0.124 e. The second-order valence-electron chi connectivity index (χ2n) is 13.1. The summed E-state index contributed by atoms with van der Waals surface area (Å²) in [5.74, 6) is 0.565. The van der Waals surface area contributed by atoms with Gasteiger partial charge in [-0.15, -0.1) is 0 Å². The number of fused-ring (bicyclic) bond motifs is 4. The minimum atomic E-state index is 0.283. The molecule has 0 radical (unpaired) electrons. The first-order valence-corrected chi connectivity index (χ1v) is 17.1. The van der Waals surface area contributed by atoms with Gasteiger partial charge in [0, 0.05) is 11.1 Å². The van der Waals surface area contributed by atoms with E-state index >= 15 is 0 Å². The molecule has 0 spiro atoms. The largest absolute Gasteiger partial charge is 0.507 e. The highest BCUT2D eigenvalue weighted by Crippen LogP contribution is 2.45. The van der Waals surface area contributed by atoms with Gasteiger partial charge in [0.1, 0.15) is 11.5 Å².